The number of allylic oxidation sites excluding steroid dienone is 2. The Balaban J connectivity index is 2.84. The number of nitrogens with one attached hydrogen (secondary N) is 2. The Labute approximate surface area is 247 Å². The summed E-state index contributed by atoms with van der Waals surface area (Å²) in [6.07, 6.45) is 1.20. The molecule has 0 unspecified atom stereocenters. The summed E-state index contributed by atoms with van der Waals surface area (Å²) in [6.45, 7) is 13.1. The molecule has 1 aliphatic heterocycles. The summed E-state index contributed by atoms with van der Waals surface area (Å²) in [5.41, 5.74) is 2.25. The minimum absolute atomic E-state index is 0.0122. The van der Waals surface area contributed by atoms with Gasteiger partial charge in [-0.2, -0.15) is 0 Å². The van der Waals surface area contributed by atoms with Gasteiger partial charge >= 0.3 is 23.9 Å². The van der Waals surface area contributed by atoms with Crippen LogP contribution in [0.2, 0.25) is 0 Å². The van der Waals surface area contributed by atoms with Crippen LogP contribution < -0.4 is 20.2 Å². The summed E-state index contributed by atoms with van der Waals surface area (Å²) in [5, 5.41) is 14.8. The number of benzene rings is 1. The Hall–Kier alpha value is -3.21. The minimum atomic E-state index is -4.25. The SMILES string of the molecule is COc1c(C)c2c(c(P(=O)(N[C@@H](C)C(=O)OC(C)C)N[C@@H](C)C(=O)OC(C)C)c1C/C=C(\C)CCC(=O)O)C(=O)OC2. The van der Waals surface area contributed by atoms with Crippen molar-refractivity contribution in [1.82, 2.24) is 10.2 Å². The lowest BCUT2D eigenvalue weighted by Gasteiger charge is -2.30. The molecular weight excluding hydrogens is 567 g/mol. The quantitative estimate of drug-likeness (QED) is 0.114. The third-order valence-corrected chi connectivity index (χ3v) is 9.14. The van der Waals surface area contributed by atoms with Gasteiger partial charge in [0.05, 0.1) is 30.2 Å². The van der Waals surface area contributed by atoms with Gasteiger partial charge in [-0.1, -0.05) is 11.6 Å². The third-order valence-electron chi connectivity index (χ3n) is 6.51. The highest BCUT2D eigenvalue weighted by Gasteiger charge is 2.43. The number of carbonyl (C=O) groups excluding carboxylic acids is 3. The van der Waals surface area contributed by atoms with Crippen molar-refractivity contribution >= 4 is 36.6 Å². The zero-order valence-corrected chi connectivity index (χ0v) is 26.7. The van der Waals surface area contributed by atoms with Gasteiger partial charge in [-0.15, -0.1) is 0 Å². The van der Waals surface area contributed by atoms with Crippen LogP contribution in [-0.2, 0) is 46.2 Å². The van der Waals surface area contributed by atoms with Crippen molar-refractivity contribution in [2.24, 2.45) is 0 Å². The third kappa shape index (κ3) is 8.65. The molecule has 0 saturated carbocycles. The molecule has 0 aliphatic carbocycles. The molecule has 1 aromatic carbocycles. The highest BCUT2D eigenvalue weighted by Crippen LogP contribution is 2.46. The van der Waals surface area contributed by atoms with Gasteiger partial charge in [0.15, 0.2) is 0 Å². The van der Waals surface area contributed by atoms with Crippen molar-refractivity contribution < 1.29 is 47.8 Å². The minimum Gasteiger partial charge on any atom is -0.496 e. The predicted molar refractivity (Wildman–Crippen MR) is 156 cm³/mol. The molecule has 13 heteroatoms. The number of carboxylic acid groups (broad SMARTS) is 1. The van der Waals surface area contributed by atoms with Gasteiger partial charge in [0.1, 0.15) is 24.4 Å². The fourth-order valence-electron chi connectivity index (χ4n) is 4.54. The summed E-state index contributed by atoms with van der Waals surface area (Å²) in [5.74, 6) is -2.68. The molecule has 234 valence electrons. The van der Waals surface area contributed by atoms with E-state index in [1.165, 1.54) is 21.0 Å². The molecule has 0 aromatic heterocycles. The van der Waals surface area contributed by atoms with Crippen LogP contribution in [0.5, 0.6) is 5.75 Å². The first-order chi connectivity index (χ1) is 19.5. The number of carbonyl (C=O) groups is 4. The van der Waals surface area contributed by atoms with Crippen molar-refractivity contribution in [3.05, 3.63) is 33.9 Å². The molecule has 0 bridgehead atoms. The molecule has 0 amide bonds. The second kappa shape index (κ2) is 14.8. The Morgan fingerprint density at radius 2 is 1.52 bits per heavy atom. The average molecular weight is 611 g/mol. The molecule has 0 spiro atoms. The first kappa shape index (κ1) is 35.0. The zero-order valence-electron chi connectivity index (χ0n) is 25.8. The fraction of sp³-hybridized carbons (Fsp3) is 0.586. The molecule has 2 rings (SSSR count). The molecule has 42 heavy (non-hydrogen) atoms. The summed E-state index contributed by atoms with van der Waals surface area (Å²) in [7, 11) is -2.81. The van der Waals surface area contributed by atoms with Crippen LogP contribution in [0.3, 0.4) is 0 Å². The molecule has 3 N–H and O–H groups in total. The van der Waals surface area contributed by atoms with Gasteiger partial charge in [0.2, 0.25) is 7.44 Å². The topological polar surface area (TPSA) is 167 Å². The van der Waals surface area contributed by atoms with Gasteiger partial charge in [0, 0.05) is 17.5 Å². The Kier molecular flexibility index (Phi) is 12.3. The number of hydrogen-bond donors (Lipinski definition) is 3. The van der Waals surface area contributed by atoms with Crippen LogP contribution in [-0.4, -0.2) is 60.4 Å². The monoisotopic (exact) mass is 610 g/mol. The second-order valence-corrected chi connectivity index (χ2v) is 13.0. The highest BCUT2D eigenvalue weighted by molar-refractivity contribution is 7.68. The van der Waals surface area contributed by atoms with E-state index in [4.69, 9.17) is 24.1 Å². The molecule has 0 saturated heterocycles. The van der Waals surface area contributed by atoms with E-state index in [0.717, 1.165) is 5.57 Å². The van der Waals surface area contributed by atoms with Crippen LogP contribution in [0.4, 0.5) is 0 Å². The molecule has 1 aliphatic rings. The number of methoxy groups -OCH3 is 1. The van der Waals surface area contributed by atoms with E-state index in [-0.39, 0.29) is 36.7 Å². The molecule has 1 aromatic rings. The lowest BCUT2D eigenvalue weighted by molar-refractivity contribution is -0.149. The fourth-order valence-corrected chi connectivity index (χ4v) is 7.29. The second-order valence-electron chi connectivity index (χ2n) is 10.8. The first-order valence-corrected chi connectivity index (χ1v) is 15.6. The number of ether oxygens (including phenoxy) is 4. The van der Waals surface area contributed by atoms with Crippen LogP contribution in [0.25, 0.3) is 0 Å². The number of hydrogen-bond acceptors (Lipinski definition) is 9. The van der Waals surface area contributed by atoms with Crippen molar-refractivity contribution in [2.45, 2.75) is 106 Å². The van der Waals surface area contributed by atoms with Gasteiger partial charge in [-0.05, 0) is 73.8 Å². The average Bonchev–Trinajstić information content (AvgIpc) is 3.26. The summed E-state index contributed by atoms with van der Waals surface area (Å²) < 4.78 is 36.9. The predicted octanol–water partition coefficient (Wildman–Crippen LogP) is 3.71. The van der Waals surface area contributed by atoms with E-state index in [9.17, 15) is 19.2 Å². The van der Waals surface area contributed by atoms with Gasteiger partial charge in [-0.25, -0.2) is 15.0 Å². The smallest absolute Gasteiger partial charge is 0.339 e. The summed E-state index contributed by atoms with van der Waals surface area (Å²) >= 11 is 0. The Morgan fingerprint density at radius 1 is 1.00 bits per heavy atom. The van der Waals surface area contributed by atoms with Crippen molar-refractivity contribution in [3.63, 3.8) is 0 Å². The maximum absolute atomic E-state index is 15.2. The van der Waals surface area contributed by atoms with Gasteiger partial charge in [-0.3, -0.25) is 18.9 Å². The van der Waals surface area contributed by atoms with Crippen molar-refractivity contribution in [2.75, 3.05) is 7.11 Å². The van der Waals surface area contributed by atoms with E-state index in [2.05, 4.69) is 10.2 Å². The maximum atomic E-state index is 15.2. The first-order valence-electron chi connectivity index (χ1n) is 13.9. The van der Waals surface area contributed by atoms with Crippen LogP contribution in [0.1, 0.15) is 88.4 Å². The number of cyclic esters (lactones) is 1. The standard InChI is InChI=1S/C29H43N2O10P/c1-15(2)40-27(34)19(7)30-42(37,31-20(8)28(35)41-16(3)4)26-21(12-10-17(5)11-13-23(32)33)25(38-9)18(6)22-14-39-29(36)24(22)26/h10,15-16,19-20H,11-14H2,1-9H3,(H,32,33)(H2,30,31,37)/b17-10+/t19-,20-/m0/s1. The highest BCUT2D eigenvalue weighted by atomic mass is 31.2. The molecule has 0 fully saturated rings. The zero-order chi connectivity index (χ0) is 31.9. The maximum Gasteiger partial charge on any atom is 0.339 e. The van der Waals surface area contributed by atoms with E-state index >= 15 is 4.57 Å². The normalized spacial score (nSPS) is 14.8. The van der Waals surface area contributed by atoms with E-state index in [0.29, 0.717) is 22.4 Å². The number of rotatable bonds is 15. The molecule has 1 heterocycles. The van der Waals surface area contributed by atoms with Crippen LogP contribution in [0, 0.1) is 6.92 Å². The molecular formula is C29H43N2O10P. The number of esters is 3. The lowest BCUT2D eigenvalue weighted by atomic mass is 9.96. The number of aliphatic carboxylic acids is 1. The van der Waals surface area contributed by atoms with E-state index in [1.807, 2.05) is 0 Å². The molecule has 2 atom stereocenters. The molecule has 0 radical (unpaired) electrons. The number of fused-ring (bicyclic) bond motifs is 1. The number of carboxylic acids is 1. The van der Waals surface area contributed by atoms with Gasteiger partial charge in [0.25, 0.3) is 0 Å². The molecule has 12 nitrogen and oxygen atoms in total. The van der Waals surface area contributed by atoms with Crippen LogP contribution >= 0.6 is 7.44 Å². The Bertz CT molecular complexity index is 1250. The van der Waals surface area contributed by atoms with Crippen molar-refractivity contribution in [3.8, 4) is 5.75 Å². The summed E-state index contributed by atoms with van der Waals surface area (Å²) in [6, 6.07) is -2.25. The lowest BCUT2D eigenvalue weighted by Crippen LogP contribution is -2.47. The van der Waals surface area contributed by atoms with E-state index in [1.54, 1.807) is 47.6 Å². The van der Waals surface area contributed by atoms with Crippen molar-refractivity contribution in [1.29, 1.82) is 0 Å². The largest absolute Gasteiger partial charge is 0.496 e. The summed E-state index contributed by atoms with van der Waals surface area (Å²) in [4.78, 5) is 49.9. The van der Waals surface area contributed by atoms with E-state index < -0.39 is 55.6 Å². The van der Waals surface area contributed by atoms with Crippen LogP contribution in [0.15, 0.2) is 11.6 Å². The Morgan fingerprint density at radius 3 is 1.98 bits per heavy atom. The van der Waals surface area contributed by atoms with Gasteiger partial charge < -0.3 is 24.1 Å².